The summed E-state index contributed by atoms with van der Waals surface area (Å²) >= 11 is 24.0. The van der Waals surface area contributed by atoms with Crippen molar-refractivity contribution in [1.82, 2.24) is 9.78 Å². The summed E-state index contributed by atoms with van der Waals surface area (Å²) in [6, 6.07) is 9.70. The molecule has 11 heteroatoms. The van der Waals surface area contributed by atoms with Crippen molar-refractivity contribution in [2.24, 2.45) is 0 Å². The van der Waals surface area contributed by atoms with Gasteiger partial charge in [0.05, 0.1) is 16.1 Å². The predicted octanol–water partition coefficient (Wildman–Crippen LogP) is 6.21. The number of anilines is 1. The molecule has 0 radical (unpaired) electrons. The van der Waals surface area contributed by atoms with Gasteiger partial charge in [0.1, 0.15) is 0 Å². The first kappa shape index (κ1) is 22.9. The lowest BCUT2D eigenvalue weighted by Gasteiger charge is -2.26. The Balaban J connectivity index is 2.05. The maximum Gasteiger partial charge on any atom is 0.349 e. The number of nitrogens with zero attached hydrogens (tertiary/aromatic N) is 3. The first-order chi connectivity index (χ1) is 14.0. The molecule has 0 fully saturated rings. The average molecular weight is 507 g/mol. The molecule has 0 aliphatic heterocycles. The van der Waals surface area contributed by atoms with Gasteiger partial charge in [0.25, 0.3) is 0 Å². The number of halogens is 4. The van der Waals surface area contributed by atoms with Crippen LogP contribution in [0.4, 0.5) is 10.5 Å². The summed E-state index contributed by atoms with van der Waals surface area (Å²) in [4.78, 5) is 14.4. The maximum atomic E-state index is 13.1. The van der Waals surface area contributed by atoms with Crippen LogP contribution in [0.1, 0.15) is 13.8 Å². The molecule has 1 amide bonds. The van der Waals surface area contributed by atoms with Gasteiger partial charge in [-0.1, -0.05) is 52.5 Å². The molecule has 0 atom stereocenters. The minimum Gasteiger partial charge on any atom is -0.290 e. The Morgan fingerprint density at radius 2 is 1.63 bits per heavy atom. The molecule has 0 N–H and O–H groups in total. The predicted molar refractivity (Wildman–Crippen MR) is 119 cm³/mol. The number of rotatable bonds is 4. The highest BCUT2D eigenvalue weighted by Crippen LogP contribution is 2.31. The third-order valence-electron chi connectivity index (χ3n) is 4.04. The van der Waals surface area contributed by atoms with Gasteiger partial charge in [-0.2, -0.15) is 9.78 Å². The summed E-state index contributed by atoms with van der Waals surface area (Å²) in [5.74, 6) is 0. The first-order valence-electron chi connectivity index (χ1n) is 8.56. The normalized spacial score (nSPS) is 11.7. The zero-order chi connectivity index (χ0) is 22.2. The topological polar surface area (TPSA) is 72.3 Å². The Kier molecular flexibility index (Phi) is 6.69. The van der Waals surface area contributed by atoms with Gasteiger partial charge in [0.15, 0.2) is 0 Å². The highest BCUT2D eigenvalue weighted by molar-refractivity contribution is 7.91. The minimum atomic E-state index is -4.17. The van der Waals surface area contributed by atoms with Crippen LogP contribution < -0.4 is 4.90 Å². The molecular formula is C19H15Cl4N3O3S. The number of carbonyl (C=O) groups is 1. The largest absolute Gasteiger partial charge is 0.349 e. The monoisotopic (exact) mass is 505 g/mol. The molecule has 1 aromatic heterocycles. The molecule has 1 heterocycles. The van der Waals surface area contributed by atoms with Crippen molar-refractivity contribution in [3.05, 3.63) is 68.8 Å². The van der Waals surface area contributed by atoms with E-state index in [1.807, 2.05) is 0 Å². The van der Waals surface area contributed by atoms with Gasteiger partial charge >= 0.3 is 6.03 Å². The molecular weight excluding hydrogens is 492 g/mol. The van der Waals surface area contributed by atoms with Gasteiger partial charge in [0, 0.05) is 26.8 Å². The second-order valence-corrected chi connectivity index (χ2v) is 10.1. The molecule has 3 aromatic rings. The van der Waals surface area contributed by atoms with E-state index < -0.39 is 20.9 Å². The van der Waals surface area contributed by atoms with Crippen molar-refractivity contribution in [3.8, 4) is 0 Å². The molecule has 30 heavy (non-hydrogen) atoms. The third-order valence-corrected chi connectivity index (χ3v) is 6.77. The van der Waals surface area contributed by atoms with Crippen LogP contribution in [0.2, 0.25) is 20.1 Å². The lowest BCUT2D eigenvalue weighted by atomic mass is 10.2. The summed E-state index contributed by atoms with van der Waals surface area (Å²) in [5.41, 5.74) is 0.528. The van der Waals surface area contributed by atoms with E-state index in [-0.39, 0.29) is 26.0 Å². The molecule has 3 rings (SSSR count). The Bertz CT molecular complexity index is 1210. The van der Waals surface area contributed by atoms with Gasteiger partial charge < -0.3 is 0 Å². The van der Waals surface area contributed by atoms with E-state index in [1.54, 1.807) is 38.1 Å². The van der Waals surface area contributed by atoms with Crippen molar-refractivity contribution in [1.29, 1.82) is 0 Å². The van der Waals surface area contributed by atoms with Gasteiger partial charge in [-0.3, -0.25) is 4.90 Å². The molecule has 2 aromatic carbocycles. The molecule has 0 aliphatic carbocycles. The van der Waals surface area contributed by atoms with Crippen LogP contribution in [0.5, 0.6) is 0 Å². The van der Waals surface area contributed by atoms with Crippen molar-refractivity contribution < 1.29 is 13.2 Å². The second kappa shape index (κ2) is 8.77. The Labute approximate surface area is 193 Å². The molecule has 6 nitrogen and oxygen atoms in total. The summed E-state index contributed by atoms with van der Waals surface area (Å²) < 4.78 is 26.9. The van der Waals surface area contributed by atoms with Crippen molar-refractivity contribution in [2.45, 2.75) is 29.8 Å². The molecule has 0 saturated carbocycles. The van der Waals surface area contributed by atoms with Crippen LogP contribution in [0, 0.1) is 0 Å². The fourth-order valence-electron chi connectivity index (χ4n) is 2.78. The molecule has 0 unspecified atom stereocenters. The number of carbonyl (C=O) groups excluding carboxylic acids is 1. The Morgan fingerprint density at radius 1 is 1.00 bits per heavy atom. The van der Waals surface area contributed by atoms with Crippen LogP contribution in [0.25, 0.3) is 0 Å². The fraction of sp³-hybridized carbons (Fsp3) is 0.158. The van der Waals surface area contributed by atoms with Crippen LogP contribution in [0.3, 0.4) is 0 Å². The van der Waals surface area contributed by atoms with E-state index in [9.17, 15) is 13.2 Å². The lowest BCUT2D eigenvalue weighted by molar-refractivity contribution is 0.243. The molecule has 0 spiro atoms. The van der Waals surface area contributed by atoms with Gasteiger partial charge in [-0.25, -0.2) is 13.2 Å². The number of amides is 1. The minimum absolute atomic E-state index is 0.139. The fourth-order valence-corrected chi connectivity index (χ4v) is 5.35. The van der Waals surface area contributed by atoms with Gasteiger partial charge in [0.2, 0.25) is 14.9 Å². The third kappa shape index (κ3) is 4.60. The second-order valence-electron chi connectivity index (χ2n) is 6.56. The van der Waals surface area contributed by atoms with Crippen molar-refractivity contribution in [2.75, 3.05) is 4.90 Å². The molecule has 0 aliphatic rings. The SMILES string of the molecule is CC(C)N(C(=O)n1cc(Cl)c(S(=O)(=O)c2cc(Cl)cc(Cl)c2)n1)c1cccc(Cl)c1. The summed E-state index contributed by atoms with van der Waals surface area (Å²) in [6.45, 7) is 3.60. The highest BCUT2D eigenvalue weighted by atomic mass is 35.5. The molecule has 0 saturated heterocycles. The van der Waals surface area contributed by atoms with E-state index in [1.165, 1.54) is 23.1 Å². The Hall–Kier alpha value is -1.77. The van der Waals surface area contributed by atoms with Crippen molar-refractivity contribution in [3.63, 3.8) is 0 Å². The summed E-state index contributed by atoms with van der Waals surface area (Å²) in [6.07, 6.45) is 1.14. The maximum absolute atomic E-state index is 13.1. The number of hydrogen-bond donors (Lipinski definition) is 0. The standard InChI is InChI=1S/C19H15Cl4N3O3S/c1-11(2)26(15-5-3-4-12(20)7-15)19(27)25-10-17(23)18(24-25)30(28,29)16-8-13(21)6-14(22)9-16/h3-11H,1-2H3. The average Bonchev–Trinajstić information content (AvgIpc) is 3.03. The van der Waals surface area contributed by atoms with Gasteiger partial charge in [-0.15, -0.1) is 0 Å². The van der Waals surface area contributed by atoms with E-state index in [2.05, 4.69) is 5.10 Å². The number of benzene rings is 2. The van der Waals surface area contributed by atoms with E-state index in [4.69, 9.17) is 46.4 Å². The first-order valence-corrected chi connectivity index (χ1v) is 11.6. The van der Waals surface area contributed by atoms with Gasteiger partial charge in [-0.05, 0) is 50.2 Å². The van der Waals surface area contributed by atoms with Crippen LogP contribution in [-0.4, -0.2) is 30.3 Å². The molecule has 0 bridgehead atoms. The van der Waals surface area contributed by atoms with Crippen molar-refractivity contribution >= 4 is 68.0 Å². The zero-order valence-corrected chi connectivity index (χ0v) is 19.5. The van der Waals surface area contributed by atoms with Crippen LogP contribution in [0.15, 0.2) is 58.6 Å². The highest BCUT2D eigenvalue weighted by Gasteiger charge is 2.29. The van der Waals surface area contributed by atoms with E-state index in [0.29, 0.717) is 10.7 Å². The van der Waals surface area contributed by atoms with E-state index >= 15 is 0 Å². The van der Waals surface area contributed by atoms with Crippen LogP contribution in [-0.2, 0) is 9.84 Å². The number of sulfone groups is 1. The summed E-state index contributed by atoms with van der Waals surface area (Å²) in [7, 11) is -4.17. The van der Waals surface area contributed by atoms with E-state index in [0.717, 1.165) is 10.9 Å². The quantitative estimate of drug-likeness (QED) is 0.421. The Morgan fingerprint density at radius 3 is 2.20 bits per heavy atom. The van der Waals surface area contributed by atoms with Crippen LogP contribution >= 0.6 is 46.4 Å². The smallest absolute Gasteiger partial charge is 0.290 e. The number of hydrogen-bond acceptors (Lipinski definition) is 4. The molecule has 158 valence electrons. The zero-order valence-electron chi connectivity index (χ0n) is 15.7. The lowest BCUT2D eigenvalue weighted by Crippen LogP contribution is -2.40. The number of aromatic nitrogens is 2. The summed E-state index contributed by atoms with van der Waals surface area (Å²) in [5, 5.41) is 3.99.